The first-order chi connectivity index (χ1) is 33.1. The number of benzene rings is 1. The van der Waals surface area contributed by atoms with Crippen LogP contribution in [0.5, 0.6) is 5.75 Å². The quantitative estimate of drug-likeness (QED) is 0.0307. The molecule has 0 radical (unpaired) electrons. The standard InChI is InChI=1S/C44H69N13O11S2/c1-5-24(4)36-42(67)52-27(8-6-15-49-44(47)48)38(63)53-30(20-33(45)59)39(64)55-31(22-70-69-17-14-35(61)51-29(40(65)56-36)19-25-10-12-26(58)13-11-25)43(68)57-16-7-9-32(57)41(66)54-28(18-23(2)3)37(62)50-21-34(46)60/h10-13,23-24,27-32,36,58H,5-9,14-22H2,1-4H3,(H2,45,59)(H2,46,60)(H,50,62)(H,51,61)(H,52,67)(H,53,63)(H,54,66)(H,55,64)(H,56,65)(H4,47,48,49)/t24-,27-,28-,29-,30-,31-,32-,36-/m0/s1. The predicted molar refractivity (Wildman–Crippen MR) is 262 cm³/mol. The molecule has 16 N–H and O–H groups in total. The fourth-order valence-electron chi connectivity index (χ4n) is 7.54. The van der Waals surface area contributed by atoms with Gasteiger partial charge in [-0.15, -0.1) is 0 Å². The van der Waals surface area contributed by atoms with Crippen LogP contribution in [0.15, 0.2) is 29.3 Å². The van der Waals surface area contributed by atoms with Crippen LogP contribution in [0.3, 0.4) is 0 Å². The Hall–Kier alpha value is -6.31. The summed E-state index contributed by atoms with van der Waals surface area (Å²) in [6.07, 6.45) is 0.339. The average molecular weight is 1020 g/mol. The lowest BCUT2D eigenvalue weighted by Crippen LogP contribution is -2.61. The minimum Gasteiger partial charge on any atom is -0.508 e. The zero-order chi connectivity index (χ0) is 52.1. The van der Waals surface area contributed by atoms with Gasteiger partial charge in [0.05, 0.1) is 13.0 Å². The van der Waals surface area contributed by atoms with E-state index in [4.69, 9.17) is 22.9 Å². The molecule has 8 atom stereocenters. The maximum Gasteiger partial charge on any atom is 0.246 e. The van der Waals surface area contributed by atoms with Crippen molar-refractivity contribution >= 4 is 86.6 Å². The Morgan fingerprint density at radius 1 is 0.843 bits per heavy atom. The smallest absolute Gasteiger partial charge is 0.246 e. The number of aliphatic imine (C=N–C) groups is 1. The molecule has 0 bridgehead atoms. The molecule has 2 fully saturated rings. The minimum atomic E-state index is -1.68. The summed E-state index contributed by atoms with van der Waals surface area (Å²) in [6, 6.07) is -3.05. The number of guanidine groups is 1. The Labute approximate surface area is 414 Å². The molecule has 10 amide bonds. The summed E-state index contributed by atoms with van der Waals surface area (Å²) in [4.78, 5) is 140. The van der Waals surface area contributed by atoms with Crippen molar-refractivity contribution in [2.75, 3.05) is 31.1 Å². The molecule has 26 heteroatoms. The van der Waals surface area contributed by atoms with E-state index >= 15 is 0 Å². The van der Waals surface area contributed by atoms with Gasteiger partial charge in [0.1, 0.15) is 48.0 Å². The summed E-state index contributed by atoms with van der Waals surface area (Å²) >= 11 is 0. The highest BCUT2D eigenvalue weighted by atomic mass is 33.1. The summed E-state index contributed by atoms with van der Waals surface area (Å²) < 4.78 is 0. The number of primary amides is 2. The van der Waals surface area contributed by atoms with Crippen molar-refractivity contribution in [2.45, 2.75) is 128 Å². The van der Waals surface area contributed by atoms with Gasteiger partial charge in [0.2, 0.25) is 59.1 Å². The minimum absolute atomic E-state index is 0.0144. The Morgan fingerprint density at radius 2 is 1.50 bits per heavy atom. The van der Waals surface area contributed by atoms with Crippen molar-refractivity contribution in [3.05, 3.63) is 29.8 Å². The molecule has 70 heavy (non-hydrogen) atoms. The monoisotopic (exact) mass is 1020 g/mol. The zero-order valence-corrected chi connectivity index (χ0v) is 41.6. The van der Waals surface area contributed by atoms with Crippen LogP contribution < -0.4 is 60.2 Å². The summed E-state index contributed by atoms with van der Waals surface area (Å²) in [5.74, 6) is -8.53. The van der Waals surface area contributed by atoms with Crippen molar-refractivity contribution in [3.63, 3.8) is 0 Å². The second-order valence-electron chi connectivity index (χ2n) is 17.6. The number of hydrogen-bond donors (Lipinski definition) is 12. The summed E-state index contributed by atoms with van der Waals surface area (Å²) in [5.41, 5.74) is 22.3. The van der Waals surface area contributed by atoms with E-state index in [1.807, 2.05) is 13.8 Å². The second-order valence-corrected chi connectivity index (χ2v) is 20.2. The molecule has 0 spiro atoms. The third-order valence-electron chi connectivity index (χ3n) is 11.4. The SMILES string of the molecule is CC[C@H](C)[C@@H]1NC(=O)[C@H](Cc2ccc(O)cc2)NC(=O)CCSSC[C@@H](C(=O)N2CCC[C@H]2C(=O)N[C@@H](CC(C)C)C(=O)NCC(N)=O)NC(=O)[C@H](CC(N)=O)NC(=O)[C@H](CCCN=C(N)N)NC1=O. The number of likely N-dealkylation sites (tertiary alicyclic amines) is 1. The molecule has 2 aliphatic rings. The molecule has 2 heterocycles. The number of nitrogens with one attached hydrogen (secondary N) is 7. The van der Waals surface area contributed by atoms with Crippen LogP contribution in [0.1, 0.15) is 84.6 Å². The molecule has 0 aliphatic carbocycles. The molecule has 2 saturated heterocycles. The molecule has 1 aromatic carbocycles. The first kappa shape index (κ1) is 58.0. The Kier molecular flexibility index (Phi) is 24.0. The van der Waals surface area contributed by atoms with Gasteiger partial charge in [-0.25, -0.2) is 0 Å². The van der Waals surface area contributed by atoms with E-state index in [0.717, 1.165) is 10.8 Å². The summed E-state index contributed by atoms with van der Waals surface area (Å²) in [6.45, 7) is 6.82. The van der Waals surface area contributed by atoms with E-state index in [1.165, 1.54) is 27.8 Å². The third-order valence-corrected chi connectivity index (χ3v) is 13.8. The molecule has 388 valence electrons. The Morgan fingerprint density at radius 3 is 2.13 bits per heavy atom. The topological polar surface area (TPSA) is 395 Å². The van der Waals surface area contributed by atoms with Gasteiger partial charge in [0, 0.05) is 37.4 Å². The van der Waals surface area contributed by atoms with Gasteiger partial charge < -0.3 is 70.2 Å². The number of nitrogens with two attached hydrogens (primary N) is 4. The van der Waals surface area contributed by atoms with Crippen LogP contribution in [-0.2, 0) is 54.4 Å². The lowest BCUT2D eigenvalue weighted by atomic mass is 9.96. The molecule has 0 unspecified atom stereocenters. The number of aromatic hydroxyl groups is 1. The molecular formula is C44H69N13O11S2. The van der Waals surface area contributed by atoms with Crippen LogP contribution >= 0.6 is 21.6 Å². The number of phenols is 1. The van der Waals surface area contributed by atoms with Crippen molar-refractivity contribution in [1.29, 1.82) is 0 Å². The van der Waals surface area contributed by atoms with Gasteiger partial charge in [-0.1, -0.05) is 67.8 Å². The maximum atomic E-state index is 14.5. The molecule has 3 rings (SSSR count). The largest absolute Gasteiger partial charge is 0.508 e. The first-order valence-electron chi connectivity index (χ1n) is 23.1. The number of nitrogens with zero attached hydrogens (tertiary/aromatic N) is 2. The van der Waals surface area contributed by atoms with E-state index in [0.29, 0.717) is 18.4 Å². The van der Waals surface area contributed by atoms with Gasteiger partial charge in [-0.3, -0.25) is 52.9 Å². The van der Waals surface area contributed by atoms with Crippen molar-refractivity contribution in [1.82, 2.24) is 42.1 Å². The van der Waals surface area contributed by atoms with Gasteiger partial charge in [0.25, 0.3) is 0 Å². The van der Waals surface area contributed by atoms with Crippen molar-refractivity contribution in [3.8, 4) is 5.75 Å². The van der Waals surface area contributed by atoms with E-state index in [-0.39, 0.29) is 80.7 Å². The van der Waals surface area contributed by atoms with Gasteiger partial charge in [0.15, 0.2) is 5.96 Å². The summed E-state index contributed by atoms with van der Waals surface area (Å²) in [7, 11) is 2.27. The van der Waals surface area contributed by atoms with Crippen LogP contribution in [0.25, 0.3) is 0 Å². The number of amides is 10. The number of carbonyl (C=O) groups excluding carboxylic acids is 10. The van der Waals surface area contributed by atoms with E-state index in [9.17, 15) is 53.1 Å². The van der Waals surface area contributed by atoms with Crippen molar-refractivity contribution in [2.24, 2.45) is 39.8 Å². The molecular weight excluding hydrogens is 951 g/mol. The molecule has 0 saturated carbocycles. The van der Waals surface area contributed by atoms with E-state index in [2.05, 4.69) is 42.2 Å². The Bertz CT molecular complexity index is 2060. The fraction of sp³-hybridized carbons (Fsp3) is 0.614. The number of carbonyl (C=O) groups is 10. The van der Waals surface area contributed by atoms with Crippen LogP contribution in [0.2, 0.25) is 0 Å². The highest BCUT2D eigenvalue weighted by Gasteiger charge is 2.40. The van der Waals surface area contributed by atoms with Gasteiger partial charge >= 0.3 is 0 Å². The number of phenolic OH excluding ortho intramolecular Hbond substituents is 1. The van der Waals surface area contributed by atoms with Gasteiger partial charge in [-0.05, 0) is 61.6 Å². The normalized spacial score (nSPS) is 23.0. The average Bonchev–Trinajstić information content (AvgIpc) is 3.79. The summed E-state index contributed by atoms with van der Waals surface area (Å²) in [5, 5.41) is 28.2. The predicted octanol–water partition coefficient (Wildman–Crippen LogP) is -2.76. The van der Waals surface area contributed by atoms with Crippen LogP contribution in [0, 0.1) is 11.8 Å². The highest BCUT2D eigenvalue weighted by molar-refractivity contribution is 8.76. The first-order valence-corrected chi connectivity index (χ1v) is 25.6. The molecule has 1 aromatic rings. The molecule has 0 aromatic heterocycles. The van der Waals surface area contributed by atoms with Crippen LogP contribution in [0.4, 0.5) is 0 Å². The Balaban J connectivity index is 2.04. The second kappa shape index (κ2) is 29.0. The molecule has 2 aliphatic heterocycles. The van der Waals surface area contributed by atoms with Gasteiger partial charge in [-0.2, -0.15) is 0 Å². The van der Waals surface area contributed by atoms with E-state index < -0.39 is 120 Å². The number of rotatable bonds is 18. The lowest BCUT2D eigenvalue weighted by Gasteiger charge is -2.31. The fourth-order valence-corrected chi connectivity index (χ4v) is 9.69. The molecule has 24 nitrogen and oxygen atoms in total. The maximum absolute atomic E-state index is 14.5. The lowest BCUT2D eigenvalue weighted by molar-refractivity contribution is -0.142. The van der Waals surface area contributed by atoms with Crippen molar-refractivity contribution < 1.29 is 53.1 Å². The zero-order valence-electron chi connectivity index (χ0n) is 40.0. The third kappa shape index (κ3) is 19.6. The number of hydrogen-bond acceptors (Lipinski definition) is 14. The highest BCUT2D eigenvalue weighted by Crippen LogP contribution is 2.26. The van der Waals surface area contributed by atoms with E-state index in [1.54, 1.807) is 26.0 Å². The van der Waals surface area contributed by atoms with Crippen LogP contribution in [-0.4, -0.2) is 148 Å².